The average molecular weight is 327 g/mol. The molecule has 0 aliphatic carbocycles. The van der Waals surface area contributed by atoms with E-state index in [0.29, 0.717) is 28.7 Å². The molecule has 5 heteroatoms. The molecule has 1 rings (SSSR count). The highest BCUT2D eigenvalue weighted by Crippen LogP contribution is 2.33. The fraction of sp³-hybridized carbons (Fsp3) is 0.455. The second-order valence-electron chi connectivity index (χ2n) is 4.23. The molecule has 1 aromatic carbocycles. The van der Waals surface area contributed by atoms with E-state index in [1.807, 2.05) is 0 Å². The third kappa shape index (κ3) is 4.50. The van der Waals surface area contributed by atoms with E-state index >= 15 is 0 Å². The molecular weight excluding hydrogens is 313 g/mol. The van der Waals surface area contributed by atoms with Crippen LogP contribution in [-0.4, -0.2) is 17.3 Å². The molecule has 0 aliphatic rings. The highest BCUT2D eigenvalue weighted by atomic mass is 79.9. The van der Waals surface area contributed by atoms with E-state index in [9.17, 15) is 5.11 Å². The van der Waals surface area contributed by atoms with E-state index < -0.39 is 5.60 Å². The van der Waals surface area contributed by atoms with E-state index in [1.54, 1.807) is 26.0 Å². The predicted molar refractivity (Wildman–Crippen MR) is 73.6 cm³/mol. The molecule has 0 amide bonds. The molecule has 90 valence electrons. The Labute approximate surface area is 114 Å². The fourth-order valence-corrected chi connectivity index (χ4v) is 2.55. The van der Waals surface area contributed by atoms with Crippen LogP contribution in [0, 0.1) is 0 Å². The molecule has 0 saturated carbocycles. The van der Waals surface area contributed by atoms with Crippen molar-refractivity contribution >= 4 is 44.8 Å². The van der Waals surface area contributed by atoms with Crippen molar-refractivity contribution in [1.29, 1.82) is 0 Å². The van der Waals surface area contributed by atoms with Gasteiger partial charge in [-0.1, -0.05) is 39.1 Å². The van der Waals surface area contributed by atoms with E-state index in [0.717, 1.165) is 4.47 Å². The first-order chi connectivity index (χ1) is 7.29. The molecule has 1 aromatic rings. The summed E-state index contributed by atoms with van der Waals surface area (Å²) in [6.07, 6.45) is 0.621. The zero-order valence-electron chi connectivity index (χ0n) is 9.15. The Kier molecular flexibility index (Phi) is 4.92. The molecule has 0 unspecified atom stereocenters. The number of halogens is 3. The van der Waals surface area contributed by atoms with Gasteiger partial charge in [-0.15, -0.1) is 0 Å². The van der Waals surface area contributed by atoms with Crippen molar-refractivity contribution in [3.8, 4) is 0 Å². The van der Waals surface area contributed by atoms with Crippen molar-refractivity contribution in [1.82, 2.24) is 0 Å². The Bertz CT molecular complexity index is 354. The van der Waals surface area contributed by atoms with Gasteiger partial charge < -0.3 is 10.4 Å². The van der Waals surface area contributed by atoms with Gasteiger partial charge in [-0.25, -0.2) is 0 Å². The lowest BCUT2D eigenvalue weighted by Gasteiger charge is -2.18. The molecule has 2 N–H and O–H groups in total. The van der Waals surface area contributed by atoms with Crippen LogP contribution in [0.25, 0.3) is 0 Å². The maximum Gasteiger partial charge on any atom is 0.0719 e. The number of benzene rings is 1. The third-order valence-corrected chi connectivity index (χ3v) is 3.10. The second-order valence-corrected chi connectivity index (χ2v) is 5.96. The molecule has 0 atom stereocenters. The molecule has 0 bridgehead atoms. The first-order valence-electron chi connectivity index (χ1n) is 4.90. The summed E-state index contributed by atoms with van der Waals surface area (Å²) >= 11 is 15.4. The van der Waals surface area contributed by atoms with Gasteiger partial charge in [-0.2, -0.15) is 0 Å². The lowest BCUT2D eigenvalue weighted by Crippen LogP contribution is -2.22. The van der Waals surface area contributed by atoms with Gasteiger partial charge in [0.05, 0.1) is 21.3 Å². The summed E-state index contributed by atoms with van der Waals surface area (Å²) in [7, 11) is 0. The lowest BCUT2D eigenvalue weighted by atomic mass is 10.1. The third-order valence-electron chi connectivity index (χ3n) is 2.05. The van der Waals surface area contributed by atoms with Crippen LogP contribution in [0.1, 0.15) is 20.3 Å². The minimum Gasteiger partial charge on any atom is -0.390 e. The highest BCUT2D eigenvalue weighted by molar-refractivity contribution is 9.10. The van der Waals surface area contributed by atoms with Crippen LogP contribution in [0.15, 0.2) is 16.6 Å². The molecule has 2 nitrogen and oxygen atoms in total. The number of hydrogen-bond acceptors (Lipinski definition) is 2. The molecule has 0 spiro atoms. The van der Waals surface area contributed by atoms with E-state index in [4.69, 9.17) is 23.2 Å². The van der Waals surface area contributed by atoms with Crippen LogP contribution in [0.3, 0.4) is 0 Å². The summed E-state index contributed by atoms with van der Waals surface area (Å²) in [5, 5.41) is 13.8. The van der Waals surface area contributed by atoms with Gasteiger partial charge in [0.25, 0.3) is 0 Å². The van der Waals surface area contributed by atoms with Crippen LogP contribution in [0.2, 0.25) is 10.0 Å². The molecule has 0 heterocycles. The monoisotopic (exact) mass is 325 g/mol. The van der Waals surface area contributed by atoms with Crippen LogP contribution >= 0.6 is 39.1 Å². The Morgan fingerprint density at radius 3 is 2.25 bits per heavy atom. The predicted octanol–water partition coefficient (Wildman–Crippen LogP) is 4.33. The first-order valence-corrected chi connectivity index (χ1v) is 6.45. The first kappa shape index (κ1) is 14.1. The molecule has 16 heavy (non-hydrogen) atoms. The zero-order valence-corrected chi connectivity index (χ0v) is 12.2. The zero-order chi connectivity index (χ0) is 12.3. The van der Waals surface area contributed by atoms with Crippen LogP contribution in [-0.2, 0) is 0 Å². The Morgan fingerprint density at radius 2 is 1.81 bits per heavy atom. The smallest absolute Gasteiger partial charge is 0.0719 e. The summed E-state index contributed by atoms with van der Waals surface area (Å²) in [5.74, 6) is 0. The van der Waals surface area contributed by atoms with E-state index in [1.165, 1.54) is 0 Å². The van der Waals surface area contributed by atoms with Gasteiger partial charge in [0.15, 0.2) is 0 Å². The molecule has 0 radical (unpaired) electrons. The van der Waals surface area contributed by atoms with Crippen LogP contribution < -0.4 is 5.32 Å². The SMILES string of the molecule is CC(C)(O)CCNc1c(Cl)cc(Br)cc1Cl. The maximum absolute atomic E-state index is 9.56. The standard InChI is InChI=1S/C11H14BrCl2NO/c1-11(2,16)3-4-15-10-8(13)5-7(12)6-9(10)14/h5-6,15-16H,3-4H2,1-2H3. The topological polar surface area (TPSA) is 32.3 Å². The molecule has 0 saturated heterocycles. The van der Waals surface area contributed by atoms with Crippen LogP contribution in [0.5, 0.6) is 0 Å². The number of aliphatic hydroxyl groups is 1. The summed E-state index contributed by atoms with van der Waals surface area (Å²) in [6.45, 7) is 4.14. The Balaban J connectivity index is 2.68. The summed E-state index contributed by atoms with van der Waals surface area (Å²) in [5.41, 5.74) is 0.0113. The normalized spacial score (nSPS) is 11.6. The molecule has 0 fully saturated rings. The van der Waals surface area contributed by atoms with Gasteiger partial charge >= 0.3 is 0 Å². The minimum absolute atomic E-state index is 0.565. The fourth-order valence-electron chi connectivity index (χ4n) is 1.20. The summed E-state index contributed by atoms with van der Waals surface area (Å²) < 4.78 is 0.843. The quantitative estimate of drug-likeness (QED) is 0.863. The average Bonchev–Trinajstić information content (AvgIpc) is 2.07. The van der Waals surface area contributed by atoms with Crippen molar-refractivity contribution < 1.29 is 5.11 Å². The van der Waals surface area contributed by atoms with Gasteiger partial charge in [-0.3, -0.25) is 0 Å². The number of rotatable bonds is 4. The number of anilines is 1. The highest BCUT2D eigenvalue weighted by Gasteiger charge is 2.13. The van der Waals surface area contributed by atoms with Crippen molar-refractivity contribution in [3.05, 3.63) is 26.7 Å². The second kappa shape index (κ2) is 5.58. The molecular formula is C11H14BrCl2NO. The number of nitrogens with one attached hydrogen (secondary N) is 1. The van der Waals surface area contributed by atoms with Crippen LogP contribution in [0.4, 0.5) is 5.69 Å². The maximum atomic E-state index is 9.56. The molecule has 0 aromatic heterocycles. The lowest BCUT2D eigenvalue weighted by molar-refractivity contribution is 0.0749. The van der Waals surface area contributed by atoms with Crippen molar-refractivity contribution in [2.24, 2.45) is 0 Å². The molecule has 0 aliphatic heterocycles. The Morgan fingerprint density at radius 1 is 1.31 bits per heavy atom. The minimum atomic E-state index is -0.693. The Hall–Kier alpha value is 0.0400. The summed E-state index contributed by atoms with van der Waals surface area (Å²) in [6, 6.07) is 3.56. The van der Waals surface area contributed by atoms with Crippen molar-refractivity contribution in [3.63, 3.8) is 0 Å². The van der Waals surface area contributed by atoms with Gasteiger partial charge in [0.2, 0.25) is 0 Å². The van der Waals surface area contributed by atoms with Crippen molar-refractivity contribution in [2.45, 2.75) is 25.9 Å². The largest absolute Gasteiger partial charge is 0.390 e. The van der Waals surface area contributed by atoms with Crippen molar-refractivity contribution in [2.75, 3.05) is 11.9 Å². The number of hydrogen-bond donors (Lipinski definition) is 2. The van der Waals surface area contributed by atoms with Gasteiger partial charge in [0, 0.05) is 11.0 Å². The summed E-state index contributed by atoms with van der Waals surface area (Å²) in [4.78, 5) is 0. The van der Waals surface area contributed by atoms with Gasteiger partial charge in [-0.05, 0) is 32.4 Å². The van der Waals surface area contributed by atoms with E-state index in [2.05, 4.69) is 21.2 Å². The van der Waals surface area contributed by atoms with Gasteiger partial charge in [0.1, 0.15) is 0 Å². The van der Waals surface area contributed by atoms with E-state index in [-0.39, 0.29) is 0 Å².